The van der Waals surface area contributed by atoms with Crippen LogP contribution in [-0.4, -0.2) is 51.5 Å². The summed E-state index contributed by atoms with van der Waals surface area (Å²) in [7, 11) is 0. The van der Waals surface area contributed by atoms with Gasteiger partial charge in [-0.05, 0) is 56.0 Å². The van der Waals surface area contributed by atoms with E-state index < -0.39 is 0 Å². The summed E-state index contributed by atoms with van der Waals surface area (Å²) >= 11 is 6.76. The molecule has 0 aromatic carbocycles. The number of likely N-dealkylation sites (tertiary alicyclic amines) is 1. The molecular formula is C21H25ClN4. The summed E-state index contributed by atoms with van der Waals surface area (Å²) in [5, 5.41) is 2.03. The molecule has 1 aliphatic carbocycles. The Labute approximate surface area is 159 Å². The lowest BCUT2D eigenvalue weighted by molar-refractivity contribution is 0.0611. The van der Waals surface area contributed by atoms with Crippen molar-refractivity contribution in [2.45, 2.75) is 44.2 Å². The van der Waals surface area contributed by atoms with Gasteiger partial charge in [0.25, 0.3) is 0 Å². The van der Waals surface area contributed by atoms with Gasteiger partial charge in [0.15, 0.2) is 0 Å². The Bertz CT molecular complexity index is 864. The van der Waals surface area contributed by atoms with Crippen LogP contribution in [0.4, 0.5) is 0 Å². The number of aromatic nitrogens is 2. The van der Waals surface area contributed by atoms with Gasteiger partial charge in [-0.2, -0.15) is 0 Å². The lowest BCUT2D eigenvalue weighted by Gasteiger charge is -2.46. The molecule has 4 nitrogen and oxygen atoms in total. The molecule has 4 heterocycles. The minimum atomic E-state index is 0.538. The van der Waals surface area contributed by atoms with E-state index in [0.717, 1.165) is 35.3 Å². The molecular weight excluding hydrogens is 344 g/mol. The van der Waals surface area contributed by atoms with Crippen LogP contribution in [0.1, 0.15) is 37.7 Å². The first-order chi connectivity index (χ1) is 12.8. The molecule has 2 aromatic rings. The van der Waals surface area contributed by atoms with Crippen molar-refractivity contribution in [3.63, 3.8) is 0 Å². The summed E-state index contributed by atoms with van der Waals surface area (Å²) in [4.78, 5) is 12.7. The van der Waals surface area contributed by atoms with E-state index in [-0.39, 0.29) is 0 Å². The number of fused-ring (bicyclic) bond motifs is 1. The summed E-state index contributed by atoms with van der Waals surface area (Å²) in [6.07, 6.45) is 15.0. The van der Waals surface area contributed by atoms with Crippen LogP contribution in [0.2, 0.25) is 0 Å². The van der Waals surface area contributed by atoms with Crippen LogP contribution >= 0.6 is 11.6 Å². The van der Waals surface area contributed by atoms with E-state index in [4.69, 9.17) is 11.6 Å². The normalized spacial score (nSPS) is 25.1. The molecule has 136 valence electrons. The smallest absolute Gasteiger partial charge is 0.137 e. The molecule has 1 unspecified atom stereocenters. The third-order valence-electron chi connectivity index (χ3n) is 6.28. The monoisotopic (exact) mass is 368 g/mol. The van der Waals surface area contributed by atoms with E-state index in [1.807, 2.05) is 18.5 Å². The van der Waals surface area contributed by atoms with E-state index >= 15 is 0 Å². The molecule has 0 amide bonds. The lowest BCUT2D eigenvalue weighted by Crippen LogP contribution is -2.52. The Morgan fingerprint density at radius 1 is 1.15 bits per heavy atom. The van der Waals surface area contributed by atoms with E-state index in [0.29, 0.717) is 6.04 Å². The number of nitrogens with zero attached hydrogens (tertiary/aromatic N) is 3. The zero-order valence-corrected chi connectivity index (χ0v) is 15.8. The first-order valence-corrected chi connectivity index (χ1v) is 10.2. The number of H-pyrrole nitrogens is 1. The van der Waals surface area contributed by atoms with Crippen molar-refractivity contribution < 1.29 is 0 Å². The second-order valence-electron chi connectivity index (χ2n) is 7.76. The topological polar surface area (TPSA) is 35.2 Å². The number of halogens is 1. The van der Waals surface area contributed by atoms with E-state index in [1.165, 1.54) is 49.8 Å². The van der Waals surface area contributed by atoms with Crippen LogP contribution in [0.15, 0.2) is 41.8 Å². The molecule has 26 heavy (non-hydrogen) atoms. The average Bonchev–Trinajstić information content (AvgIpc) is 3.04. The fraction of sp³-hybridized carbons (Fsp3) is 0.476. The van der Waals surface area contributed by atoms with E-state index in [2.05, 4.69) is 38.0 Å². The first kappa shape index (κ1) is 16.4. The molecule has 2 fully saturated rings. The molecule has 0 spiro atoms. The van der Waals surface area contributed by atoms with Gasteiger partial charge >= 0.3 is 0 Å². The van der Waals surface area contributed by atoms with Crippen LogP contribution in [0.3, 0.4) is 0 Å². The van der Waals surface area contributed by atoms with Crippen molar-refractivity contribution in [2.24, 2.45) is 0 Å². The van der Waals surface area contributed by atoms with Gasteiger partial charge in [-0.3, -0.25) is 4.90 Å². The molecule has 1 N–H and O–H groups in total. The van der Waals surface area contributed by atoms with E-state index in [1.54, 1.807) is 0 Å². The van der Waals surface area contributed by atoms with Crippen molar-refractivity contribution in [3.05, 3.63) is 47.4 Å². The lowest BCUT2D eigenvalue weighted by atomic mass is 9.89. The van der Waals surface area contributed by atoms with Gasteiger partial charge in [-0.15, -0.1) is 0 Å². The highest BCUT2D eigenvalue weighted by Crippen LogP contribution is 2.34. The van der Waals surface area contributed by atoms with Crippen LogP contribution in [0.25, 0.3) is 16.6 Å². The van der Waals surface area contributed by atoms with Gasteiger partial charge in [0.05, 0.1) is 0 Å². The minimum Gasteiger partial charge on any atom is -0.354 e. The second kappa shape index (κ2) is 6.75. The third-order valence-corrected chi connectivity index (χ3v) is 6.61. The predicted molar refractivity (Wildman–Crippen MR) is 107 cm³/mol. The van der Waals surface area contributed by atoms with Crippen molar-refractivity contribution in [3.8, 4) is 0 Å². The molecule has 3 aliphatic rings. The highest BCUT2D eigenvalue weighted by atomic mass is 35.5. The number of aromatic amines is 1. The summed E-state index contributed by atoms with van der Waals surface area (Å²) in [6.45, 7) is 3.31. The zero-order valence-electron chi connectivity index (χ0n) is 15.0. The molecule has 0 bridgehead atoms. The van der Waals surface area contributed by atoms with Gasteiger partial charge in [0, 0.05) is 48.5 Å². The maximum atomic E-state index is 6.76. The number of hydrogen-bond acceptors (Lipinski definition) is 3. The SMILES string of the molecule is ClC1=CC(c2c[nH]c3ncccc23)=CCN1C1CCCN(C2CCC2)C1. The average molecular weight is 369 g/mol. The first-order valence-electron chi connectivity index (χ1n) is 9.80. The maximum absolute atomic E-state index is 6.76. The third kappa shape index (κ3) is 2.85. The van der Waals surface area contributed by atoms with E-state index in [9.17, 15) is 0 Å². The van der Waals surface area contributed by atoms with Crippen LogP contribution in [-0.2, 0) is 0 Å². The summed E-state index contributed by atoms with van der Waals surface area (Å²) in [6, 6.07) is 5.46. The minimum absolute atomic E-state index is 0.538. The number of piperidine rings is 1. The summed E-state index contributed by atoms with van der Waals surface area (Å²) < 4.78 is 0. The number of rotatable bonds is 3. The quantitative estimate of drug-likeness (QED) is 0.817. The fourth-order valence-electron chi connectivity index (χ4n) is 4.58. The van der Waals surface area contributed by atoms with Crippen molar-refractivity contribution in [1.82, 2.24) is 19.8 Å². The highest BCUT2D eigenvalue weighted by molar-refractivity contribution is 6.30. The van der Waals surface area contributed by atoms with Gasteiger partial charge in [-0.25, -0.2) is 4.98 Å². The Morgan fingerprint density at radius 2 is 2.04 bits per heavy atom. The molecule has 0 radical (unpaired) electrons. The number of hydrogen-bond donors (Lipinski definition) is 1. The maximum Gasteiger partial charge on any atom is 0.137 e. The van der Waals surface area contributed by atoms with Crippen molar-refractivity contribution >= 4 is 28.2 Å². The molecule has 1 saturated carbocycles. The second-order valence-corrected chi connectivity index (χ2v) is 8.14. The van der Waals surface area contributed by atoms with Crippen LogP contribution in [0.5, 0.6) is 0 Å². The zero-order chi connectivity index (χ0) is 17.5. The number of pyridine rings is 1. The van der Waals surface area contributed by atoms with Crippen molar-refractivity contribution in [1.29, 1.82) is 0 Å². The molecule has 1 saturated heterocycles. The fourth-order valence-corrected chi connectivity index (χ4v) is 4.91. The number of allylic oxidation sites excluding steroid dienone is 2. The van der Waals surface area contributed by atoms with Crippen LogP contribution in [0, 0.1) is 0 Å². The Morgan fingerprint density at radius 3 is 2.85 bits per heavy atom. The van der Waals surface area contributed by atoms with Gasteiger partial charge in [0.2, 0.25) is 0 Å². The summed E-state index contributed by atoms with van der Waals surface area (Å²) in [5.41, 5.74) is 3.31. The molecule has 2 aromatic heterocycles. The Balaban J connectivity index is 1.34. The summed E-state index contributed by atoms with van der Waals surface area (Å²) in [5.74, 6) is 0. The van der Waals surface area contributed by atoms with Crippen LogP contribution < -0.4 is 0 Å². The Kier molecular flexibility index (Phi) is 4.26. The standard InChI is InChI=1S/C21H25ClN4/c22-20-12-15(19-13-24-21-18(19)7-2-9-23-21)8-11-26(20)17-6-3-10-25(14-17)16-4-1-5-16/h2,7-9,12-13,16-17H,1,3-6,10-11,14H2,(H,23,24). The molecule has 2 aliphatic heterocycles. The van der Waals surface area contributed by atoms with Crippen molar-refractivity contribution in [2.75, 3.05) is 19.6 Å². The molecule has 5 rings (SSSR count). The number of nitrogens with one attached hydrogen (secondary N) is 1. The van der Waals surface area contributed by atoms with Gasteiger partial charge < -0.3 is 9.88 Å². The van der Waals surface area contributed by atoms with Gasteiger partial charge in [-0.1, -0.05) is 24.1 Å². The Hall–Kier alpha value is -1.78. The predicted octanol–water partition coefficient (Wildman–Crippen LogP) is 4.36. The highest BCUT2D eigenvalue weighted by Gasteiger charge is 2.32. The molecule has 5 heteroatoms. The van der Waals surface area contributed by atoms with Gasteiger partial charge in [0.1, 0.15) is 10.8 Å². The largest absolute Gasteiger partial charge is 0.354 e. The molecule has 1 atom stereocenters.